The maximum Gasteiger partial charge on any atom is 0.404 e. The van der Waals surface area contributed by atoms with Crippen molar-refractivity contribution in [2.75, 3.05) is 32.8 Å². The van der Waals surface area contributed by atoms with Gasteiger partial charge in [0.15, 0.2) is 5.01 Å². The minimum atomic E-state index is -4.73. The van der Waals surface area contributed by atoms with E-state index in [1.54, 1.807) is 35.1 Å². The van der Waals surface area contributed by atoms with E-state index in [4.69, 9.17) is 9.72 Å². The quantitative estimate of drug-likeness (QED) is 0.310. The lowest BCUT2D eigenvalue weighted by molar-refractivity contribution is -0.147. The monoisotopic (exact) mass is 638 g/mol. The van der Waals surface area contributed by atoms with Gasteiger partial charge >= 0.3 is 6.18 Å². The summed E-state index contributed by atoms with van der Waals surface area (Å²) in [5.74, 6) is 0.178. The Kier molecular flexibility index (Phi) is 9.20. The first-order valence-electron chi connectivity index (χ1n) is 14.5. The van der Waals surface area contributed by atoms with Gasteiger partial charge in [-0.3, -0.25) is 9.69 Å². The van der Waals surface area contributed by atoms with Crippen molar-refractivity contribution in [3.05, 3.63) is 47.1 Å². The molecule has 1 aliphatic carbocycles. The second-order valence-electron chi connectivity index (χ2n) is 11.9. The number of alkyl halides is 3. The first kappa shape index (κ1) is 31.8. The van der Waals surface area contributed by atoms with E-state index in [1.807, 2.05) is 0 Å². The van der Waals surface area contributed by atoms with Gasteiger partial charge in [-0.05, 0) is 44.6 Å². The number of carbonyl (C=O) groups is 1. The fourth-order valence-corrected chi connectivity index (χ4v) is 7.98. The van der Waals surface area contributed by atoms with Crippen LogP contribution >= 0.6 is 11.3 Å². The van der Waals surface area contributed by atoms with Gasteiger partial charge < -0.3 is 10.1 Å². The first-order chi connectivity index (χ1) is 20.3. The highest BCUT2D eigenvalue weighted by Gasteiger charge is 2.39. The fraction of sp³-hybridized carbons (Fsp3) is 0.533. The molecule has 13 heteroatoms. The first-order valence-corrected chi connectivity index (χ1v) is 16.8. The van der Waals surface area contributed by atoms with Crippen molar-refractivity contribution >= 4 is 38.0 Å². The summed E-state index contributed by atoms with van der Waals surface area (Å²) in [5, 5.41) is 4.23. The number of thiazole rings is 1. The van der Waals surface area contributed by atoms with Crippen LogP contribution in [-0.2, 0) is 21.2 Å². The Morgan fingerprint density at radius 1 is 1.12 bits per heavy atom. The molecule has 1 atom stereocenters. The van der Waals surface area contributed by atoms with E-state index in [0.29, 0.717) is 53.4 Å². The number of carbonyl (C=O) groups excluding carboxylic acids is 1. The largest absolute Gasteiger partial charge is 0.404 e. The average molecular weight is 639 g/mol. The predicted octanol–water partition coefficient (Wildman–Crippen LogP) is 5.38. The predicted molar refractivity (Wildman–Crippen MR) is 161 cm³/mol. The number of fused-ring (bicyclic) bond motifs is 1. The summed E-state index contributed by atoms with van der Waals surface area (Å²) in [6.07, 6.45) is -0.735. The molecule has 1 amide bonds. The lowest BCUT2D eigenvalue weighted by Crippen LogP contribution is -2.55. The van der Waals surface area contributed by atoms with Crippen LogP contribution in [0.5, 0.6) is 0 Å². The standard InChI is InChI=1S/C30H37F3N4O4S2/c1-19(30(31,32)33)36-43(39,40)25-12-11-23(21-9-4-5-10-22(21)25)26-24(17-20-7-6-8-20)35-28(42-26)27(38)34-18-29(2,3)37-13-15-41-16-14-37/h4-5,9-12,19-20,36H,6-8,13-18H2,1-3H3,(H,34,38). The van der Waals surface area contributed by atoms with Crippen molar-refractivity contribution in [1.29, 1.82) is 0 Å². The van der Waals surface area contributed by atoms with Crippen LogP contribution in [0.1, 0.15) is 55.5 Å². The van der Waals surface area contributed by atoms with E-state index >= 15 is 0 Å². The Hall–Kier alpha value is -2.58. The number of amides is 1. The van der Waals surface area contributed by atoms with E-state index in [1.165, 1.54) is 17.4 Å². The summed E-state index contributed by atoms with van der Waals surface area (Å²) in [4.78, 5) is 21.0. The van der Waals surface area contributed by atoms with Crippen LogP contribution in [0.4, 0.5) is 13.2 Å². The zero-order valence-electron chi connectivity index (χ0n) is 24.5. The molecule has 2 fully saturated rings. The normalized spacial score (nSPS) is 18.0. The molecule has 1 saturated carbocycles. The number of aromatic nitrogens is 1. The third kappa shape index (κ3) is 7.06. The minimum Gasteiger partial charge on any atom is -0.379 e. The number of morpholine rings is 1. The molecule has 1 aliphatic heterocycles. The van der Waals surface area contributed by atoms with Crippen molar-refractivity contribution in [3.63, 3.8) is 0 Å². The lowest BCUT2D eigenvalue weighted by atomic mass is 9.81. The van der Waals surface area contributed by atoms with Gasteiger partial charge in [0.25, 0.3) is 5.91 Å². The maximum absolute atomic E-state index is 13.4. The number of halogens is 3. The van der Waals surface area contributed by atoms with Crippen molar-refractivity contribution in [2.24, 2.45) is 5.92 Å². The molecule has 1 aromatic heterocycles. The molecule has 1 saturated heterocycles. The zero-order valence-corrected chi connectivity index (χ0v) is 26.1. The molecule has 3 aromatic rings. The molecule has 5 rings (SSSR count). The number of ether oxygens (including phenoxy) is 1. The molecule has 2 aromatic carbocycles. The Balaban J connectivity index is 1.48. The molecule has 0 radical (unpaired) electrons. The Labute approximate surface area is 254 Å². The van der Waals surface area contributed by atoms with E-state index in [9.17, 15) is 26.4 Å². The van der Waals surface area contributed by atoms with Gasteiger partial charge in [-0.25, -0.2) is 13.4 Å². The maximum atomic E-state index is 13.4. The summed E-state index contributed by atoms with van der Waals surface area (Å²) >= 11 is 1.26. The van der Waals surface area contributed by atoms with Crippen LogP contribution in [0.2, 0.25) is 0 Å². The minimum absolute atomic E-state index is 0.240. The molecular weight excluding hydrogens is 601 g/mol. The van der Waals surface area contributed by atoms with Crippen molar-refractivity contribution in [2.45, 2.75) is 69.1 Å². The van der Waals surface area contributed by atoms with Crippen molar-refractivity contribution in [3.8, 4) is 10.4 Å². The number of sulfonamides is 1. The molecule has 0 spiro atoms. The molecule has 2 aliphatic rings. The summed E-state index contributed by atoms with van der Waals surface area (Å²) in [5.41, 5.74) is 1.19. The average Bonchev–Trinajstić information content (AvgIpc) is 3.36. The number of rotatable bonds is 10. The highest BCUT2D eigenvalue weighted by Crippen LogP contribution is 2.40. The van der Waals surface area contributed by atoms with Crippen molar-refractivity contribution < 1.29 is 31.1 Å². The molecule has 2 heterocycles. The fourth-order valence-electron chi connectivity index (χ4n) is 5.49. The molecule has 234 valence electrons. The molecule has 1 unspecified atom stereocenters. The zero-order chi connectivity index (χ0) is 31.0. The highest BCUT2D eigenvalue weighted by atomic mass is 32.2. The van der Waals surface area contributed by atoms with Gasteiger partial charge in [0.05, 0.1) is 28.7 Å². The van der Waals surface area contributed by atoms with E-state index in [0.717, 1.165) is 49.8 Å². The number of nitrogens with one attached hydrogen (secondary N) is 2. The topological polar surface area (TPSA) is 101 Å². The van der Waals surface area contributed by atoms with Gasteiger partial charge in [0.1, 0.15) is 6.04 Å². The highest BCUT2D eigenvalue weighted by molar-refractivity contribution is 7.89. The molecule has 2 N–H and O–H groups in total. The summed E-state index contributed by atoms with van der Waals surface area (Å²) in [6.45, 7) is 8.26. The SMILES string of the molecule is CC(NS(=O)(=O)c1ccc(-c2sc(C(=O)NCC(C)(C)N3CCOCC3)nc2CC2CCC2)c2ccccc12)C(F)(F)F. The van der Waals surface area contributed by atoms with Gasteiger partial charge in [-0.15, -0.1) is 11.3 Å². The number of nitrogens with zero attached hydrogens (tertiary/aromatic N) is 2. The van der Waals surface area contributed by atoms with Crippen LogP contribution in [0.3, 0.4) is 0 Å². The summed E-state index contributed by atoms with van der Waals surface area (Å²) in [6, 6.07) is 7.42. The van der Waals surface area contributed by atoms with Gasteiger partial charge in [-0.2, -0.15) is 17.9 Å². The smallest absolute Gasteiger partial charge is 0.379 e. The van der Waals surface area contributed by atoms with Crippen LogP contribution < -0.4 is 10.0 Å². The van der Waals surface area contributed by atoms with Crippen LogP contribution in [0, 0.1) is 5.92 Å². The summed E-state index contributed by atoms with van der Waals surface area (Å²) < 4.78 is 73.0. The number of hydrogen-bond acceptors (Lipinski definition) is 7. The number of benzene rings is 2. The lowest BCUT2D eigenvalue weighted by Gasteiger charge is -2.40. The Morgan fingerprint density at radius 2 is 1.79 bits per heavy atom. The summed E-state index contributed by atoms with van der Waals surface area (Å²) in [7, 11) is -4.49. The molecular formula is C30H37F3N4O4S2. The third-order valence-electron chi connectivity index (χ3n) is 8.39. The van der Waals surface area contributed by atoms with Gasteiger partial charge in [-0.1, -0.05) is 49.6 Å². The van der Waals surface area contributed by atoms with E-state index in [2.05, 4.69) is 24.1 Å². The van der Waals surface area contributed by atoms with E-state index in [-0.39, 0.29) is 16.3 Å². The third-order valence-corrected chi connectivity index (χ3v) is 11.1. The second kappa shape index (κ2) is 12.4. The Morgan fingerprint density at radius 3 is 2.42 bits per heavy atom. The van der Waals surface area contributed by atoms with Gasteiger partial charge in [0, 0.05) is 36.1 Å². The van der Waals surface area contributed by atoms with Gasteiger partial charge in [0.2, 0.25) is 10.0 Å². The second-order valence-corrected chi connectivity index (χ2v) is 14.6. The molecule has 43 heavy (non-hydrogen) atoms. The molecule has 8 nitrogen and oxygen atoms in total. The molecule has 0 bridgehead atoms. The number of hydrogen-bond donors (Lipinski definition) is 2. The van der Waals surface area contributed by atoms with Crippen LogP contribution in [0.25, 0.3) is 21.2 Å². The van der Waals surface area contributed by atoms with E-state index < -0.39 is 22.2 Å². The van der Waals surface area contributed by atoms with Crippen molar-refractivity contribution in [1.82, 2.24) is 19.9 Å². The van der Waals surface area contributed by atoms with Crippen LogP contribution in [0.15, 0.2) is 41.3 Å². The van der Waals surface area contributed by atoms with Crippen LogP contribution in [-0.4, -0.2) is 74.8 Å². The Bertz CT molecular complexity index is 1580.